The Hall–Kier alpha value is -1.28. The molecule has 1 atom stereocenters. The molecule has 1 fully saturated rings. The number of rotatable bonds is 3. The molecule has 0 spiro atoms. The van der Waals surface area contributed by atoms with Gasteiger partial charge in [0.15, 0.2) is 0 Å². The summed E-state index contributed by atoms with van der Waals surface area (Å²) in [5, 5.41) is 1.39. The molecule has 3 rings (SSSR count). The first-order valence-corrected chi connectivity index (χ1v) is 7.11. The number of nitrogens with zero attached hydrogens (tertiary/aromatic N) is 1. The smallest absolute Gasteiger partial charge is 0.0485 e. The van der Waals surface area contributed by atoms with E-state index in [0.29, 0.717) is 18.5 Å². The van der Waals surface area contributed by atoms with Crippen molar-refractivity contribution in [2.45, 2.75) is 44.6 Å². The standard InChI is InChI=1S/C16H22N2/c1-12(11-17)14-7-4-8-16-15(14)9-10-18(16)13-5-2-3-6-13/h4,7-10,12-13H,2-3,5-6,11,17H2,1H3. The van der Waals surface area contributed by atoms with E-state index in [1.54, 1.807) is 0 Å². The van der Waals surface area contributed by atoms with Gasteiger partial charge in [0.2, 0.25) is 0 Å². The van der Waals surface area contributed by atoms with Gasteiger partial charge in [-0.05, 0) is 43.0 Å². The van der Waals surface area contributed by atoms with Crippen LogP contribution in [0.25, 0.3) is 10.9 Å². The highest BCUT2D eigenvalue weighted by molar-refractivity contribution is 5.84. The Labute approximate surface area is 109 Å². The molecule has 0 saturated heterocycles. The van der Waals surface area contributed by atoms with Gasteiger partial charge < -0.3 is 10.3 Å². The molecule has 1 aromatic carbocycles. The Morgan fingerprint density at radius 1 is 1.28 bits per heavy atom. The minimum absolute atomic E-state index is 0.438. The summed E-state index contributed by atoms with van der Waals surface area (Å²) in [7, 11) is 0. The van der Waals surface area contributed by atoms with Crippen LogP contribution in [0.3, 0.4) is 0 Å². The maximum absolute atomic E-state index is 5.82. The van der Waals surface area contributed by atoms with Gasteiger partial charge in [-0.3, -0.25) is 0 Å². The van der Waals surface area contributed by atoms with Crippen LogP contribution >= 0.6 is 0 Å². The average Bonchev–Trinajstić information content (AvgIpc) is 3.05. The van der Waals surface area contributed by atoms with E-state index >= 15 is 0 Å². The van der Waals surface area contributed by atoms with Crippen molar-refractivity contribution in [1.29, 1.82) is 0 Å². The van der Waals surface area contributed by atoms with Crippen LogP contribution in [-0.2, 0) is 0 Å². The zero-order valence-electron chi connectivity index (χ0n) is 11.1. The van der Waals surface area contributed by atoms with E-state index in [9.17, 15) is 0 Å². The molecule has 2 heteroatoms. The molecular weight excluding hydrogens is 220 g/mol. The lowest BCUT2D eigenvalue weighted by Gasteiger charge is -2.15. The molecular formula is C16H22N2. The minimum atomic E-state index is 0.438. The summed E-state index contributed by atoms with van der Waals surface area (Å²) in [6.07, 6.45) is 7.70. The normalized spacial score (nSPS) is 18.6. The molecule has 0 bridgehead atoms. The molecule has 0 aliphatic heterocycles. The van der Waals surface area contributed by atoms with Crippen LogP contribution in [0.2, 0.25) is 0 Å². The molecule has 2 N–H and O–H groups in total. The maximum atomic E-state index is 5.82. The highest BCUT2D eigenvalue weighted by Gasteiger charge is 2.19. The number of benzene rings is 1. The lowest BCUT2D eigenvalue weighted by Crippen LogP contribution is -2.09. The van der Waals surface area contributed by atoms with Crippen LogP contribution in [-0.4, -0.2) is 11.1 Å². The summed E-state index contributed by atoms with van der Waals surface area (Å²) < 4.78 is 2.48. The molecule has 1 saturated carbocycles. The maximum Gasteiger partial charge on any atom is 0.0485 e. The predicted octanol–water partition coefficient (Wildman–Crippen LogP) is 3.82. The average molecular weight is 242 g/mol. The van der Waals surface area contributed by atoms with E-state index < -0.39 is 0 Å². The second kappa shape index (κ2) is 4.77. The fourth-order valence-electron chi connectivity index (χ4n) is 3.27. The number of fused-ring (bicyclic) bond motifs is 1. The monoisotopic (exact) mass is 242 g/mol. The van der Waals surface area contributed by atoms with Gasteiger partial charge in [0.25, 0.3) is 0 Å². The van der Waals surface area contributed by atoms with Gasteiger partial charge in [0.05, 0.1) is 0 Å². The molecule has 18 heavy (non-hydrogen) atoms. The highest BCUT2D eigenvalue weighted by atomic mass is 15.0. The number of nitrogens with two attached hydrogens (primary N) is 1. The number of aromatic nitrogens is 1. The summed E-state index contributed by atoms with van der Waals surface area (Å²) in [6, 6.07) is 9.63. The molecule has 1 aromatic heterocycles. The third-order valence-electron chi connectivity index (χ3n) is 4.40. The molecule has 96 valence electrons. The van der Waals surface area contributed by atoms with Crippen LogP contribution in [0.1, 0.15) is 50.1 Å². The van der Waals surface area contributed by atoms with Gasteiger partial charge in [0.1, 0.15) is 0 Å². The topological polar surface area (TPSA) is 30.9 Å². The van der Waals surface area contributed by atoms with Crippen molar-refractivity contribution in [2.24, 2.45) is 5.73 Å². The molecule has 1 unspecified atom stereocenters. The summed E-state index contributed by atoms with van der Waals surface area (Å²) in [5.74, 6) is 0.438. The SMILES string of the molecule is CC(CN)c1cccc2c1ccn2C1CCCC1. The van der Waals surface area contributed by atoms with Gasteiger partial charge in [-0.2, -0.15) is 0 Å². The van der Waals surface area contributed by atoms with Crippen molar-refractivity contribution >= 4 is 10.9 Å². The third kappa shape index (κ3) is 1.85. The molecule has 1 aliphatic rings. The van der Waals surface area contributed by atoms with Crippen molar-refractivity contribution in [3.63, 3.8) is 0 Å². The van der Waals surface area contributed by atoms with E-state index in [1.807, 2.05) is 0 Å². The second-order valence-electron chi connectivity index (χ2n) is 5.58. The summed E-state index contributed by atoms with van der Waals surface area (Å²) in [5.41, 5.74) is 8.60. The van der Waals surface area contributed by atoms with Crippen LogP contribution < -0.4 is 5.73 Å². The third-order valence-corrected chi connectivity index (χ3v) is 4.40. The Bertz CT molecular complexity index is 535. The van der Waals surface area contributed by atoms with E-state index in [0.717, 1.165) is 0 Å². The van der Waals surface area contributed by atoms with Crippen molar-refractivity contribution in [3.05, 3.63) is 36.0 Å². The fourth-order valence-corrected chi connectivity index (χ4v) is 3.27. The molecule has 0 amide bonds. The fraction of sp³-hybridized carbons (Fsp3) is 0.500. The lowest BCUT2D eigenvalue weighted by molar-refractivity contribution is 0.536. The largest absolute Gasteiger partial charge is 0.344 e. The molecule has 1 heterocycles. The Morgan fingerprint density at radius 3 is 2.78 bits per heavy atom. The van der Waals surface area contributed by atoms with Crippen molar-refractivity contribution < 1.29 is 0 Å². The highest BCUT2D eigenvalue weighted by Crippen LogP contribution is 2.34. The van der Waals surface area contributed by atoms with E-state index in [2.05, 4.69) is 42.0 Å². The molecule has 2 aromatic rings. The summed E-state index contributed by atoms with van der Waals surface area (Å²) >= 11 is 0. The van der Waals surface area contributed by atoms with Gasteiger partial charge in [-0.1, -0.05) is 31.9 Å². The Morgan fingerprint density at radius 2 is 2.06 bits per heavy atom. The number of hydrogen-bond donors (Lipinski definition) is 1. The van der Waals surface area contributed by atoms with Gasteiger partial charge in [-0.25, -0.2) is 0 Å². The Kier molecular flexibility index (Phi) is 3.13. The van der Waals surface area contributed by atoms with Crippen LogP contribution in [0.5, 0.6) is 0 Å². The van der Waals surface area contributed by atoms with E-state index in [1.165, 1.54) is 42.1 Å². The predicted molar refractivity (Wildman–Crippen MR) is 76.9 cm³/mol. The zero-order valence-corrected chi connectivity index (χ0v) is 11.1. The van der Waals surface area contributed by atoms with E-state index in [4.69, 9.17) is 5.73 Å². The van der Waals surface area contributed by atoms with Crippen molar-refractivity contribution in [1.82, 2.24) is 4.57 Å². The number of hydrogen-bond acceptors (Lipinski definition) is 1. The molecule has 0 radical (unpaired) electrons. The van der Waals surface area contributed by atoms with Gasteiger partial charge in [0, 0.05) is 23.1 Å². The van der Waals surface area contributed by atoms with Crippen molar-refractivity contribution in [3.8, 4) is 0 Å². The zero-order chi connectivity index (χ0) is 12.5. The van der Waals surface area contributed by atoms with Crippen molar-refractivity contribution in [2.75, 3.05) is 6.54 Å². The summed E-state index contributed by atoms with van der Waals surface area (Å²) in [6.45, 7) is 2.93. The van der Waals surface area contributed by atoms with Gasteiger partial charge >= 0.3 is 0 Å². The van der Waals surface area contributed by atoms with Crippen LogP contribution in [0.15, 0.2) is 30.5 Å². The van der Waals surface area contributed by atoms with Crippen LogP contribution in [0.4, 0.5) is 0 Å². The summed E-state index contributed by atoms with van der Waals surface area (Å²) in [4.78, 5) is 0. The molecule has 2 nitrogen and oxygen atoms in total. The lowest BCUT2D eigenvalue weighted by atomic mass is 9.98. The second-order valence-corrected chi connectivity index (χ2v) is 5.58. The first-order chi connectivity index (χ1) is 8.81. The van der Waals surface area contributed by atoms with Gasteiger partial charge in [-0.15, -0.1) is 0 Å². The van der Waals surface area contributed by atoms with E-state index in [-0.39, 0.29) is 0 Å². The first-order valence-electron chi connectivity index (χ1n) is 7.11. The Balaban J connectivity index is 2.08. The minimum Gasteiger partial charge on any atom is -0.344 e. The molecule has 1 aliphatic carbocycles. The quantitative estimate of drug-likeness (QED) is 0.871. The first kappa shape index (κ1) is 11.8. The van der Waals surface area contributed by atoms with Crippen LogP contribution in [0, 0.1) is 0 Å².